The van der Waals surface area contributed by atoms with Gasteiger partial charge >= 0.3 is 0 Å². The summed E-state index contributed by atoms with van der Waals surface area (Å²) in [5, 5.41) is 2.85. The number of hydrogen-bond acceptors (Lipinski definition) is 2. The zero-order valence-corrected chi connectivity index (χ0v) is 13.7. The topological polar surface area (TPSA) is 46.9 Å². The van der Waals surface area contributed by atoms with E-state index in [2.05, 4.69) is 55.4 Å². The van der Waals surface area contributed by atoms with E-state index in [1.165, 1.54) is 5.56 Å². The third-order valence-corrected chi connectivity index (χ3v) is 4.44. The highest BCUT2D eigenvalue weighted by Gasteiger charge is 2.29. The van der Waals surface area contributed by atoms with E-state index in [1.54, 1.807) is 0 Å². The third kappa shape index (κ3) is 2.43. The van der Waals surface area contributed by atoms with E-state index in [0.717, 1.165) is 35.4 Å². The molecule has 1 unspecified atom stereocenters. The van der Waals surface area contributed by atoms with Gasteiger partial charge in [-0.05, 0) is 36.0 Å². The fourth-order valence-corrected chi connectivity index (χ4v) is 3.01. The molecule has 0 radical (unpaired) electrons. The van der Waals surface area contributed by atoms with Crippen LogP contribution in [0.5, 0.6) is 0 Å². The van der Waals surface area contributed by atoms with E-state index >= 15 is 0 Å². The summed E-state index contributed by atoms with van der Waals surface area (Å²) in [5.74, 6) is 0.651. The number of nitrogens with zero attached hydrogens (tertiary/aromatic N) is 2. The number of aryl methyl sites for hydroxylation is 1. The molecule has 0 saturated carbocycles. The number of rotatable bonds is 1. The average Bonchev–Trinajstić information content (AvgIpc) is 2.75. The van der Waals surface area contributed by atoms with Gasteiger partial charge in [0.05, 0.1) is 17.0 Å². The molecular weight excluding hydrogens is 274 g/mol. The van der Waals surface area contributed by atoms with Gasteiger partial charge in [-0.2, -0.15) is 0 Å². The number of imidazole rings is 1. The van der Waals surface area contributed by atoms with Crippen molar-refractivity contribution in [2.24, 2.45) is 7.05 Å². The van der Waals surface area contributed by atoms with Gasteiger partial charge in [0.15, 0.2) is 0 Å². The first-order chi connectivity index (χ1) is 10.3. The van der Waals surface area contributed by atoms with Gasteiger partial charge in [0.25, 0.3) is 0 Å². The van der Waals surface area contributed by atoms with Gasteiger partial charge in [-0.3, -0.25) is 4.79 Å². The fraction of sp³-hybridized carbons (Fsp3) is 0.444. The maximum Gasteiger partial charge on any atom is 0.234 e. The van der Waals surface area contributed by atoms with Gasteiger partial charge in [0.1, 0.15) is 5.82 Å². The van der Waals surface area contributed by atoms with Crippen molar-refractivity contribution in [3.05, 3.63) is 41.9 Å². The number of benzene rings is 1. The van der Waals surface area contributed by atoms with Crippen LogP contribution < -0.4 is 5.32 Å². The summed E-state index contributed by atoms with van der Waals surface area (Å²) in [7, 11) is 1.99. The Kier molecular flexibility index (Phi) is 3.35. The van der Waals surface area contributed by atoms with Crippen LogP contribution in [0, 0.1) is 0 Å². The Bertz CT molecular complexity index is 764. The average molecular weight is 297 g/mol. The second-order valence-electron chi connectivity index (χ2n) is 7.17. The monoisotopic (exact) mass is 297 g/mol. The third-order valence-electron chi connectivity index (χ3n) is 4.44. The van der Waals surface area contributed by atoms with E-state index in [0.29, 0.717) is 0 Å². The number of piperidine rings is 1. The van der Waals surface area contributed by atoms with Crippen molar-refractivity contribution in [3.8, 4) is 0 Å². The summed E-state index contributed by atoms with van der Waals surface area (Å²) >= 11 is 0. The van der Waals surface area contributed by atoms with Crippen LogP contribution in [0.2, 0.25) is 0 Å². The van der Waals surface area contributed by atoms with Crippen LogP contribution in [0.15, 0.2) is 30.5 Å². The number of fused-ring (bicyclic) bond motifs is 1. The lowest BCUT2D eigenvalue weighted by Gasteiger charge is -2.23. The maximum absolute atomic E-state index is 12.2. The van der Waals surface area contributed by atoms with Crippen LogP contribution in [-0.4, -0.2) is 15.5 Å². The Hall–Kier alpha value is -2.10. The number of nitrogens with one attached hydrogen (secondary N) is 1. The molecule has 1 N–H and O–H groups in total. The largest absolute Gasteiger partial charge is 0.330 e. The molecule has 2 aromatic rings. The standard InChI is InChI=1S/C18H23N3O/c1-11-6-8-13(17(22)19-11)16-20-14-9-7-12(18(2,3)4)10-15(14)21(16)5/h7,9-10,13H,1,6,8H2,2-5H3,(H,19,22). The first-order valence-electron chi connectivity index (χ1n) is 7.73. The summed E-state index contributed by atoms with van der Waals surface area (Å²) in [6.07, 6.45) is 1.58. The normalized spacial score (nSPS) is 19.5. The number of allylic oxidation sites excluding steroid dienone is 1. The van der Waals surface area contributed by atoms with Gasteiger partial charge in [0, 0.05) is 12.7 Å². The van der Waals surface area contributed by atoms with E-state index < -0.39 is 0 Å². The Balaban J connectivity index is 2.07. The second kappa shape index (κ2) is 4.97. The zero-order valence-electron chi connectivity index (χ0n) is 13.7. The summed E-state index contributed by atoms with van der Waals surface area (Å²) in [4.78, 5) is 16.9. The molecule has 1 saturated heterocycles. The van der Waals surface area contributed by atoms with Crippen LogP contribution in [0.25, 0.3) is 11.0 Å². The quantitative estimate of drug-likeness (QED) is 0.877. The molecule has 4 nitrogen and oxygen atoms in total. The van der Waals surface area contributed by atoms with Gasteiger partial charge < -0.3 is 9.88 Å². The predicted molar refractivity (Wildman–Crippen MR) is 88.7 cm³/mol. The van der Waals surface area contributed by atoms with Crippen molar-refractivity contribution in [1.29, 1.82) is 0 Å². The van der Waals surface area contributed by atoms with E-state index in [-0.39, 0.29) is 17.2 Å². The summed E-state index contributed by atoms with van der Waals surface area (Å²) in [5.41, 5.74) is 4.20. The molecule has 4 heteroatoms. The van der Waals surface area contributed by atoms with E-state index in [1.807, 2.05) is 7.05 Å². The molecule has 3 rings (SSSR count). The lowest BCUT2D eigenvalue weighted by atomic mass is 9.87. The van der Waals surface area contributed by atoms with Crippen molar-refractivity contribution in [1.82, 2.24) is 14.9 Å². The van der Waals surface area contributed by atoms with Gasteiger partial charge in [-0.1, -0.05) is 33.4 Å². The number of hydrogen-bond donors (Lipinski definition) is 1. The highest BCUT2D eigenvalue weighted by atomic mass is 16.2. The fourth-order valence-electron chi connectivity index (χ4n) is 3.01. The molecule has 1 aromatic carbocycles. The summed E-state index contributed by atoms with van der Waals surface area (Å²) in [6, 6.07) is 6.37. The molecule has 22 heavy (non-hydrogen) atoms. The highest BCUT2D eigenvalue weighted by molar-refractivity contribution is 5.87. The molecular formula is C18H23N3O. The van der Waals surface area contributed by atoms with Crippen molar-refractivity contribution in [3.63, 3.8) is 0 Å². The Morgan fingerprint density at radius 1 is 1.36 bits per heavy atom. The minimum absolute atomic E-state index is 0.00528. The van der Waals surface area contributed by atoms with E-state index in [4.69, 9.17) is 4.98 Å². The molecule has 1 amide bonds. The Labute approximate surface area is 131 Å². The molecule has 1 aliphatic rings. The summed E-state index contributed by atoms with van der Waals surface area (Å²) in [6.45, 7) is 10.4. The van der Waals surface area contributed by atoms with Crippen molar-refractivity contribution in [2.75, 3.05) is 0 Å². The number of carbonyl (C=O) groups is 1. The molecule has 0 aliphatic carbocycles. The van der Waals surface area contributed by atoms with Crippen LogP contribution in [0.3, 0.4) is 0 Å². The van der Waals surface area contributed by atoms with Crippen LogP contribution in [-0.2, 0) is 17.3 Å². The predicted octanol–water partition coefficient (Wildman–Crippen LogP) is 3.38. The molecule has 1 fully saturated rings. The number of aromatic nitrogens is 2. The smallest absolute Gasteiger partial charge is 0.234 e. The first-order valence-corrected chi connectivity index (χ1v) is 7.73. The minimum atomic E-state index is -0.194. The molecule has 116 valence electrons. The van der Waals surface area contributed by atoms with Gasteiger partial charge in [-0.25, -0.2) is 4.98 Å². The van der Waals surface area contributed by atoms with Crippen LogP contribution >= 0.6 is 0 Å². The second-order valence-corrected chi connectivity index (χ2v) is 7.17. The molecule has 1 aromatic heterocycles. The number of amides is 1. The van der Waals surface area contributed by atoms with Crippen LogP contribution in [0.4, 0.5) is 0 Å². The first kappa shape index (κ1) is 14.8. The number of carbonyl (C=O) groups excluding carboxylic acids is 1. The molecule has 0 spiro atoms. The minimum Gasteiger partial charge on any atom is -0.330 e. The molecule has 1 atom stereocenters. The van der Waals surface area contributed by atoms with Crippen molar-refractivity contribution >= 4 is 16.9 Å². The zero-order chi connectivity index (χ0) is 16.1. The van der Waals surface area contributed by atoms with Crippen molar-refractivity contribution in [2.45, 2.75) is 44.9 Å². The Morgan fingerprint density at radius 3 is 2.73 bits per heavy atom. The highest BCUT2D eigenvalue weighted by Crippen LogP contribution is 2.31. The van der Waals surface area contributed by atoms with Crippen LogP contribution in [0.1, 0.15) is 50.9 Å². The molecule has 1 aliphatic heterocycles. The maximum atomic E-state index is 12.2. The lowest BCUT2D eigenvalue weighted by Crippen LogP contribution is -2.34. The molecule has 0 bridgehead atoms. The van der Waals surface area contributed by atoms with E-state index in [9.17, 15) is 4.79 Å². The van der Waals surface area contributed by atoms with Gasteiger partial charge in [-0.15, -0.1) is 0 Å². The Morgan fingerprint density at radius 2 is 2.09 bits per heavy atom. The van der Waals surface area contributed by atoms with Crippen molar-refractivity contribution < 1.29 is 4.79 Å². The van der Waals surface area contributed by atoms with Gasteiger partial charge in [0.2, 0.25) is 5.91 Å². The SMILES string of the molecule is C=C1CCC(c2nc3ccc(C(C)(C)C)cc3n2C)C(=O)N1. The lowest BCUT2D eigenvalue weighted by molar-refractivity contribution is -0.123. The molecule has 2 heterocycles. The summed E-state index contributed by atoms with van der Waals surface area (Å²) < 4.78 is 2.06.